The van der Waals surface area contributed by atoms with Crippen LogP contribution in [0.2, 0.25) is 0 Å². The summed E-state index contributed by atoms with van der Waals surface area (Å²) in [5, 5.41) is 1.57. The molecular weight excluding hydrogens is 410 g/mol. The molecule has 2 heterocycles. The second kappa shape index (κ2) is 8.98. The third-order valence-corrected chi connectivity index (χ3v) is 7.43. The van der Waals surface area contributed by atoms with Crippen LogP contribution in [0.1, 0.15) is 49.5 Å². The number of thiazole rings is 1. The molecule has 0 atom stereocenters. The summed E-state index contributed by atoms with van der Waals surface area (Å²) in [6.07, 6.45) is 0. The van der Waals surface area contributed by atoms with E-state index in [0.717, 1.165) is 47.3 Å². The van der Waals surface area contributed by atoms with Crippen molar-refractivity contribution >= 4 is 44.4 Å². The quantitative estimate of drug-likeness (QED) is 0.465. The summed E-state index contributed by atoms with van der Waals surface area (Å²) in [6, 6.07) is 14.5. The first-order chi connectivity index (χ1) is 14.4. The zero-order chi connectivity index (χ0) is 21.3. The predicted molar refractivity (Wildman–Crippen MR) is 129 cm³/mol. The molecule has 4 rings (SSSR count). The Hall–Kier alpha value is -2.05. The number of benzene rings is 2. The van der Waals surface area contributed by atoms with Gasteiger partial charge in [-0.05, 0) is 35.7 Å². The van der Waals surface area contributed by atoms with Crippen LogP contribution in [0.5, 0.6) is 0 Å². The topological polar surface area (TPSA) is 36.4 Å². The minimum Gasteiger partial charge on any atom is -0.345 e. The Morgan fingerprint density at radius 2 is 1.77 bits per heavy atom. The molecule has 0 N–H and O–H groups in total. The van der Waals surface area contributed by atoms with Gasteiger partial charge in [0.25, 0.3) is 5.91 Å². The van der Waals surface area contributed by atoms with Gasteiger partial charge in [0.15, 0.2) is 5.13 Å². The van der Waals surface area contributed by atoms with Crippen LogP contribution in [0.4, 0.5) is 5.13 Å². The minimum absolute atomic E-state index is 0.132. The molecular formula is C24H29N3OS2. The molecule has 2 aromatic carbocycles. The fourth-order valence-corrected chi connectivity index (χ4v) is 5.77. The lowest BCUT2D eigenvalue weighted by molar-refractivity contribution is 0.0746. The molecule has 1 saturated heterocycles. The average molecular weight is 440 g/mol. The third-order valence-electron chi connectivity index (χ3n) is 5.35. The summed E-state index contributed by atoms with van der Waals surface area (Å²) in [5.74, 6) is 0.593. The van der Waals surface area contributed by atoms with Gasteiger partial charge in [-0.15, -0.1) is 11.8 Å². The maximum absolute atomic E-state index is 13.0. The van der Waals surface area contributed by atoms with Crippen molar-refractivity contribution < 1.29 is 4.79 Å². The van der Waals surface area contributed by atoms with Gasteiger partial charge < -0.3 is 9.80 Å². The van der Waals surface area contributed by atoms with Crippen molar-refractivity contribution in [2.24, 2.45) is 0 Å². The zero-order valence-corrected chi connectivity index (χ0v) is 19.7. The number of hydrogen-bond donors (Lipinski definition) is 0. The number of aromatic nitrogens is 1. The second-order valence-corrected chi connectivity index (χ2v) is 11.0. The van der Waals surface area contributed by atoms with Crippen LogP contribution in [0.15, 0.2) is 47.4 Å². The van der Waals surface area contributed by atoms with E-state index in [-0.39, 0.29) is 5.91 Å². The highest BCUT2D eigenvalue weighted by Crippen LogP contribution is 2.34. The number of rotatable bonds is 5. The van der Waals surface area contributed by atoms with Crippen molar-refractivity contribution in [3.05, 3.63) is 53.6 Å². The number of para-hydroxylation sites is 1. The lowest BCUT2D eigenvalue weighted by atomic mass is 10.0. The number of anilines is 1. The first-order valence-corrected chi connectivity index (χ1v) is 12.3. The summed E-state index contributed by atoms with van der Waals surface area (Å²) >= 11 is 3.55. The van der Waals surface area contributed by atoms with E-state index in [9.17, 15) is 4.79 Å². The van der Waals surface area contributed by atoms with E-state index in [2.05, 4.69) is 56.9 Å². The van der Waals surface area contributed by atoms with Crippen LogP contribution in [-0.4, -0.2) is 47.2 Å². The Kier molecular flexibility index (Phi) is 6.34. The Bertz CT molecular complexity index is 1040. The standard InChI is InChI=1S/C24H29N3OS2/c1-16(2)20-9-6-10-21-22(20)25-24(30-21)27-13-11-26(12-14-27)23(28)18-7-5-8-19(15-18)29-17(3)4/h5-10,15-17H,11-14H2,1-4H3. The van der Waals surface area contributed by atoms with E-state index in [1.807, 2.05) is 23.1 Å². The Morgan fingerprint density at radius 3 is 2.47 bits per heavy atom. The Balaban J connectivity index is 1.45. The van der Waals surface area contributed by atoms with Crippen molar-refractivity contribution in [1.29, 1.82) is 0 Å². The highest BCUT2D eigenvalue weighted by molar-refractivity contribution is 7.99. The lowest BCUT2D eigenvalue weighted by Gasteiger charge is -2.34. The number of carbonyl (C=O) groups is 1. The van der Waals surface area contributed by atoms with E-state index in [1.165, 1.54) is 10.3 Å². The lowest BCUT2D eigenvalue weighted by Crippen LogP contribution is -2.48. The molecule has 0 spiro atoms. The smallest absolute Gasteiger partial charge is 0.254 e. The number of amides is 1. The Morgan fingerprint density at radius 1 is 1.03 bits per heavy atom. The summed E-state index contributed by atoms with van der Waals surface area (Å²) in [4.78, 5) is 23.4. The highest BCUT2D eigenvalue weighted by atomic mass is 32.2. The molecule has 0 aliphatic carbocycles. The molecule has 4 nitrogen and oxygen atoms in total. The SMILES string of the molecule is CC(C)Sc1cccc(C(=O)N2CCN(c3nc4c(C(C)C)cccc4s3)CC2)c1. The molecule has 1 aliphatic rings. The van der Waals surface area contributed by atoms with Crippen LogP contribution in [-0.2, 0) is 0 Å². The number of piperazine rings is 1. The molecule has 30 heavy (non-hydrogen) atoms. The normalized spacial score (nSPS) is 14.9. The van der Waals surface area contributed by atoms with Gasteiger partial charge in [0, 0.05) is 41.9 Å². The maximum atomic E-state index is 13.0. The molecule has 1 aliphatic heterocycles. The fraction of sp³-hybridized carbons (Fsp3) is 0.417. The fourth-order valence-electron chi connectivity index (χ4n) is 3.82. The number of carbonyl (C=O) groups excluding carboxylic acids is 1. The monoisotopic (exact) mass is 439 g/mol. The van der Waals surface area contributed by atoms with E-state index in [1.54, 1.807) is 23.1 Å². The average Bonchev–Trinajstić information content (AvgIpc) is 3.17. The van der Waals surface area contributed by atoms with E-state index >= 15 is 0 Å². The van der Waals surface area contributed by atoms with Crippen LogP contribution in [0.3, 0.4) is 0 Å². The first-order valence-electron chi connectivity index (χ1n) is 10.6. The van der Waals surface area contributed by atoms with Gasteiger partial charge in [-0.25, -0.2) is 4.98 Å². The third kappa shape index (κ3) is 4.49. The number of hydrogen-bond acceptors (Lipinski definition) is 5. The van der Waals surface area contributed by atoms with Gasteiger partial charge in [0.05, 0.1) is 10.2 Å². The largest absolute Gasteiger partial charge is 0.345 e. The summed E-state index contributed by atoms with van der Waals surface area (Å²) in [6.45, 7) is 11.9. The summed E-state index contributed by atoms with van der Waals surface area (Å²) < 4.78 is 1.24. The van der Waals surface area contributed by atoms with Crippen LogP contribution in [0.25, 0.3) is 10.2 Å². The molecule has 6 heteroatoms. The van der Waals surface area contributed by atoms with Gasteiger partial charge in [-0.3, -0.25) is 4.79 Å². The molecule has 0 bridgehead atoms. The first kappa shape index (κ1) is 21.2. The van der Waals surface area contributed by atoms with Gasteiger partial charge in [0.1, 0.15) is 0 Å². The Labute approximate surface area is 187 Å². The van der Waals surface area contributed by atoms with Gasteiger partial charge in [-0.1, -0.05) is 57.2 Å². The minimum atomic E-state index is 0.132. The molecule has 0 saturated carbocycles. The molecule has 3 aromatic rings. The number of fused-ring (bicyclic) bond motifs is 1. The van der Waals surface area contributed by atoms with E-state index in [4.69, 9.17) is 4.98 Å². The molecule has 1 aromatic heterocycles. The molecule has 1 fully saturated rings. The second-order valence-electron chi connectivity index (χ2n) is 8.32. The number of nitrogens with zero attached hydrogens (tertiary/aromatic N) is 3. The van der Waals surface area contributed by atoms with Crippen molar-refractivity contribution in [3.8, 4) is 0 Å². The van der Waals surface area contributed by atoms with Crippen molar-refractivity contribution in [1.82, 2.24) is 9.88 Å². The van der Waals surface area contributed by atoms with Crippen molar-refractivity contribution in [2.75, 3.05) is 31.1 Å². The zero-order valence-electron chi connectivity index (χ0n) is 18.1. The van der Waals surface area contributed by atoms with Crippen LogP contribution in [0, 0.1) is 0 Å². The van der Waals surface area contributed by atoms with Gasteiger partial charge >= 0.3 is 0 Å². The maximum Gasteiger partial charge on any atom is 0.254 e. The highest BCUT2D eigenvalue weighted by Gasteiger charge is 2.24. The molecule has 0 unspecified atom stereocenters. The van der Waals surface area contributed by atoms with Crippen molar-refractivity contribution in [2.45, 2.75) is 43.8 Å². The van der Waals surface area contributed by atoms with Gasteiger partial charge in [0.2, 0.25) is 0 Å². The van der Waals surface area contributed by atoms with Crippen LogP contribution >= 0.6 is 23.1 Å². The summed E-state index contributed by atoms with van der Waals surface area (Å²) in [7, 11) is 0. The van der Waals surface area contributed by atoms with E-state index in [0.29, 0.717) is 11.2 Å². The van der Waals surface area contributed by atoms with Gasteiger partial charge in [-0.2, -0.15) is 0 Å². The van der Waals surface area contributed by atoms with Crippen molar-refractivity contribution in [3.63, 3.8) is 0 Å². The van der Waals surface area contributed by atoms with Crippen LogP contribution < -0.4 is 4.90 Å². The molecule has 1 amide bonds. The number of thioether (sulfide) groups is 1. The van der Waals surface area contributed by atoms with E-state index < -0.39 is 0 Å². The summed E-state index contributed by atoms with van der Waals surface area (Å²) in [5.41, 5.74) is 3.23. The molecule has 158 valence electrons. The molecule has 0 radical (unpaired) electrons. The predicted octanol–water partition coefficient (Wildman–Crippen LogP) is 5.88.